The number of rotatable bonds is 6. The van der Waals surface area contributed by atoms with E-state index in [-0.39, 0.29) is 35.8 Å². The van der Waals surface area contributed by atoms with Gasteiger partial charge in [-0.25, -0.2) is 4.39 Å². The van der Waals surface area contributed by atoms with Crippen molar-refractivity contribution in [1.82, 2.24) is 19.8 Å². The number of pyridine rings is 2. The van der Waals surface area contributed by atoms with Gasteiger partial charge in [0, 0.05) is 62.9 Å². The summed E-state index contributed by atoms with van der Waals surface area (Å²) in [6, 6.07) is 8.58. The molecule has 3 aliphatic rings. The van der Waals surface area contributed by atoms with Crippen LogP contribution in [0.3, 0.4) is 0 Å². The average Bonchev–Trinajstić information content (AvgIpc) is 2.88. The van der Waals surface area contributed by atoms with E-state index in [9.17, 15) is 9.18 Å². The minimum Gasteiger partial charge on any atom is -0.486 e. The van der Waals surface area contributed by atoms with Crippen LogP contribution in [0.2, 0.25) is 0 Å². The maximum Gasteiger partial charge on any atom is 0.251 e. The maximum absolute atomic E-state index is 15.0. The van der Waals surface area contributed by atoms with E-state index in [1.807, 2.05) is 6.07 Å². The van der Waals surface area contributed by atoms with Crippen LogP contribution in [0, 0.1) is 5.82 Å². The Morgan fingerprint density at radius 1 is 1.08 bits per heavy atom. The van der Waals surface area contributed by atoms with Gasteiger partial charge in [-0.2, -0.15) is 0 Å². The number of nitrogens with zero attached hydrogens (tertiary/aromatic N) is 3. The molecule has 0 bridgehead atoms. The molecule has 10 heteroatoms. The summed E-state index contributed by atoms with van der Waals surface area (Å²) in [4.78, 5) is 19.2. The second kappa shape index (κ2) is 10.7. The number of aromatic nitrogens is 2. The number of fused-ring (bicyclic) bond motifs is 1. The Bertz CT molecular complexity index is 1300. The fraction of sp³-hybridized carbons (Fsp3) is 0.462. The molecule has 5 heterocycles. The third-order valence-electron chi connectivity index (χ3n) is 7.11. The van der Waals surface area contributed by atoms with Crippen molar-refractivity contribution in [2.45, 2.75) is 31.5 Å². The summed E-state index contributed by atoms with van der Waals surface area (Å²) in [5.74, 6) is 1.25. The number of nitrogens with one attached hydrogen (secondary N) is 1. The minimum absolute atomic E-state index is 0. The molecule has 0 radical (unpaired) electrons. The second-order valence-corrected chi connectivity index (χ2v) is 9.41. The van der Waals surface area contributed by atoms with Gasteiger partial charge in [0.25, 0.3) is 5.56 Å². The molecule has 1 fully saturated rings. The summed E-state index contributed by atoms with van der Waals surface area (Å²) in [7, 11) is 0. The highest BCUT2D eigenvalue weighted by molar-refractivity contribution is 5.85. The topological polar surface area (TPSA) is 77.9 Å². The lowest BCUT2D eigenvalue weighted by atomic mass is 9.89. The molecule has 2 aromatic heterocycles. The SMILES string of the molecule is Cl.O=c1ccc2ccc(F)c3c2n1CCC3CN1CCOC(CNCc2cc3c(cn2)OCCO3)C1. The number of halogens is 2. The minimum atomic E-state index is -0.222. The molecule has 192 valence electrons. The molecule has 2 unspecified atom stereocenters. The Morgan fingerprint density at radius 2 is 1.92 bits per heavy atom. The van der Waals surface area contributed by atoms with E-state index < -0.39 is 0 Å². The molecule has 0 spiro atoms. The summed E-state index contributed by atoms with van der Waals surface area (Å²) in [5.41, 5.74) is 2.26. The zero-order valence-corrected chi connectivity index (χ0v) is 20.8. The number of aryl methyl sites for hydroxylation is 1. The van der Waals surface area contributed by atoms with Crippen molar-refractivity contribution in [3.8, 4) is 11.5 Å². The summed E-state index contributed by atoms with van der Waals surface area (Å²) >= 11 is 0. The summed E-state index contributed by atoms with van der Waals surface area (Å²) < 4.78 is 33.9. The summed E-state index contributed by atoms with van der Waals surface area (Å²) in [6.07, 6.45) is 2.50. The Balaban J connectivity index is 0.00000267. The molecule has 0 aliphatic carbocycles. The Kier molecular flexibility index (Phi) is 7.43. The zero-order chi connectivity index (χ0) is 23.8. The normalized spacial score (nSPS) is 21.2. The van der Waals surface area contributed by atoms with Gasteiger partial charge < -0.3 is 24.1 Å². The monoisotopic (exact) mass is 516 g/mol. The molecule has 6 rings (SSSR count). The largest absolute Gasteiger partial charge is 0.486 e. The number of ether oxygens (including phenoxy) is 3. The highest BCUT2D eigenvalue weighted by atomic mass is 35.5. The van der Waals surface area contributed by atoms with Gasteiger partial charge in [-0.3, -0.25) is 14.7 Å². The van der Waals surface area contributed by atoms with Crippen LogP contribution in [0.25, 0.3) is 10.9 Å². The van der Waals surface area contributed by atoms with Gasteiger partial charge in [0.2, 0.25) is 0 Å². The Labute approximate surface area is 214 Å². The van der Waals surface area contributed by atoms with E-state index in [2.05, 4.69) is 15.2 Å². The first-order valence-corrected chi connectivity index (χ1v) is 12.3. The molecular formula is C26H30ClFN4O4. The van der Waals surface area contributed by atoms with E-state index in [0.717, 1.165) is 48.4 Å². The van der Waals surface area contributed by atoms with Gasteiger partial charge in [-0.15, -0.1) is 12.4 Å². The fourth-order valence-electron chi connectivity index (χ4n) is 5.45. The van der Waals surface area contributed by atoms with Crippen LogP contribution >= 0.6 is 12.4 Å². The quantitative estimate of drug-likeness (QED) is 0.540. The van der Waals surface area contributed by atoms with Crippen molar-refractivity contribution in [3.63, 3.8) is 0 Å². The lowest BCUT2D eigenvalue weighted by Gasteiger charge is -2.37. The van der Waals surface area contributed by atoms with Crippen molar-refractivity contribution in [3.05, 3.63) is 64.0 Å². The molecule has 8 nitrogen and oxygen atoms in total. The highest BCUT2D eigenvalue weighted by Gasteiger charge is 2.29. The molecule has 1 saturated heterocycles. The van der Waals surface area contributed by atoms with Crippen LogP contribution in [0.4, 0.5) is 4.39 Å². The smallest absolute Gasteiger partial charge is 0.251 e. The predicted molar refractivity (Wildman–Crippen MR) is 136 cm³/mol. The van der Waals surface area contributed by atoms with E-state index in [1.54, 1.807) is 29.0 Å². The first-order valence-electron chi connectivity index (χ1n) is 12.3. The summed E-state index contributed by atoms with van der Waals surface area (Å²) in [6.45, 7) is 6.01. The van der Waals surface area contributed by atoms with Gasteiger partial charge in [0.15, 0.2) is 11.5 Å². The van der Waals surface area contributed by atoms with Crippen LogP contribution in [0.15, 0.2) is 41.3 Å². The standard InChI is InChI=1S/C26H29FN4O4.ClH/c27-21-3-1-17-2-4-24(32)31-6-5-18(25(21)26(17)31)15-30-7-8-33-20(16-30)13-28-12-19-11-22-23(14-29-19)35-10-9-34-22;/h1-4,11,14,18,20,28H,5-10,12-13,15-16H2;1H. The molecule has 0 saturated carbocycles. The van der Waals surface area contributed by atoms with Crippen molar-refractivity contribution in [2.75, 3.05) is 46.0 Å². The van der Waals surface area contributed by atoms with Gasteiger partial charge in [-0.05, 0) is 30.0 Å². The summed E-state index contributed by atoms with van der Waals surface area (Å²) in [5, 5.41) is 4.36. The number of morpholine rings is 1. The van der Waals surface area contributed by atoms with Crippen LogP contribution in [-0.4, -0.2) is 66.6 Å². The van der Waals surface area contributed by atoms with E-state index in [4.69, 9.17) is 14.2 Å². The third kappa shape index (κ3) is 4.93. The van der Waals surface area contributed by atoms with Crippen LogP contribution in [0.5, 0.6) is 11.5 Å². The lowest BCUT2D eigenvalue weighted by Crippen LogP contribution is -2.48. The molecule has 3 aromatic rings. The predicted octanol–water partition coefficient (Wildman–Crippen LogP) is 2.71. The van der Waals surface area contributed by atoms with Crippen molar-refractivity contribution in [2.24, 2.45) is 0 Å². The van der Waals surface area contributed by atoms with Crippen LogP contribution in [0.1, 0.15) is 23.6 Å². The molecule has 1 aromatic carbocycles. The number of benzene rings is 1. The second-order valence-electron chi connectivity index (χ2n) is 9.41. The van der Waals surface area contributed by atoms with Crippen molar-refractivity contribution in [1.29, 1.82) is 0 Å². The highest BCUT2D eigenvalue weighted by Crippen LogP contribution is 2.35. The zero-order valence-electron chi connectivity index (χ0n) is 20.0. The third-order valence-corrected chi connectivity index (χ3v) is 7.11. The number of hydrogen-bond donors (Lipinski definition) is 1. The fourth-order valence-corrected chi connectivity index (χ4v) is 5.45. The van der Waals surface area contributed by atoms with Gasteiger partial charge in [0.1, 0.15) is 19.0 Å². The van der Waals surface area contributed by atoms with Gasteiger partial charge in [-0.1, -0.05) is 0 Å². The first-order chi connectivity index (χ1) is 17.2. The Hall–Kier alpha value is -2.72. The van der Waals surface area contributed by atoms with Gasteiger partial charge >= 0.3 is 0 Å². The van der Waals surface area contributed by atoms with Crippen molar-refractivity contribution < 1.29 is 18.6 Å². The van der Waals surface area contributed by atoms with Gasteiger partial charge in [0.05, 0.1) is 30.1 Å². The molecule has 3 aliphatic heterocycles. The lowest BCUT2D eigenvalue weighted by molar-refractivity contribution is -0.0294. The maximum atomic E-state index is 15.0. The van der Waals surface area contributed by atoms with E-state index >= 15 is 0 Å². The van der Waals surface area contributed by atoms with Crippen molar-refractivity contribution >= 4 is 23.3 Å². The number of hydrogen-bond acceptors (Lipinski definition) is 7. The molecule has 36 heavy (non-hydrogen) atoms. The van der Waals surface area contributed by atoms with E-state index in [0.29, 0.717) is 50.8 Å². The van der Waals surface area contributed by atoms with Crippen LogP contribution < -0.4 is 20.3 Å². The average molecular weight is 517 g/mol. The first kappa shape index (κ1) is 25.0. The molecule has 0 amide bonds. The molecule has 1 N–H and O–H groups in total. The van der Waals surface area contributed by atoms with Crippen LogP contribution in [-0.2, 0) is 17.8 Å². The molecule has 2 atom stereocenters. The van der Waals surface area contributed by atoms with E-state index in [1.165, 1.54) is 6.07 Å². The molecular weight excluding hydrogens is 487 g/mol. The Morgan fingerprint density at radius 3 is 2.81 bits per heavy atom.